The average molecular weight is 260 g/mol. The summed E-state index contributed by atoms with van der Waals surface area (Å²) in [5.41, 5.74) is 1.93. The van der Waals surface area contributed by atoms with Crippen LogP contribution >= 0.6 is 11.8 Å². The molecule has 0 unspecified atom stereocenters. The molecule has 0 atom stereocenters. The lowest BCUT2D eigenvalue weighted by Gasteiger charge is -2.29. The highest BCUT2D eigenvalue weighted by atomic mass is 32.2. The number of rotatable bonds is 2. The first-order chi connectivity index (χ1) is 8.88. The van der Waals surface area contributed by atoms with E-state index in [0.29, 0.717) is 0 Å². The van der Waals surface area contributed by atoms with Crippen molar-refractivity contribution in [1.82, 2.24) is 4.98 Å². The standard InChI is InChI=1S/C14H16N2OS/c17-10-12-9-11-3-1-2-4-13(11)15-14(12)16-5-7-18-8-6-16/h1-4,9,17H,5-8,10H2. The third-order valence-corrected chi connectivity index (χ3v) is 4.20. The number of anilines is 1. The summed E-state index contributed by atoms with van der Waals surface area (Å²) in [5.74, 6) is 3.23. The number of aliphatic hydroxyl groups excluding tert-OH is 1. The van der Waals surface area contributed by atoms with Gasteiger partial charge in [0.05, 0.1) is 12.1 Å². The second kappa shape index (κ2) is 5.16. The van der Waals surface area contributed by atoms with E-state index in [-0.39, 0.29) is 6.61 Å². The summed E-state index contributed by atoms with van der Waals surface area (Å²) in [4.78, 5) is 7.01. The van der Waals surface area contributed by atoms with Crippen LogP contribution in [0.2, 0.25) is 0 Å². The lowest BCUT2D eigenvalue weighted by Crippen LogP contribution is -2.33. The Morgan fingerprint density at radius 3 is 2.78 bits per heavy atom. The topological polar surface area (TPSA) is 36.4 Å². The predicted octanol–water partition coefficient (Wildman–Crippen LogP) is 2.28. The maximum absolute atomic E-state index is 9.54. The van der Waals surface area contributed by atoms with E-state index in [4.69, 9.17) is 4.98 Å². The van der Waals surface area contributed by atoms with Gasteiger partial charge in [-0.25, -0.2) is 4.98 Å². The van der Waals surface area contributed by atoms with Crippen LogP contribution in [0, 0.1) is 0 Å². The lowest BCUT2D eigenvalue weighted by atomic mass is 10.1. The molecule has 0 bridgehead atoms. The predicted molar refractivity (Wildman–Crippen MR) is 77.2 cm³/mol. The van der Waals surface area contributed by atoms with E-state index in [1.54, 1.807) is 0 Å². The molecule has 1 aliphatic rings. The maximum Gasteiger partial charge on any atom is 0.134 e. The number of pyridine rings is 1. The summed E-state index contributed by atoms with van der Waals surface area (Å²) in [6.07, 6.45) is 0. The van der Waals surface area contributed by atoms with Crippen LogP contribution < -0.4 is 4.90 Å². The quantitative estimate of drug-likeness (QED) is 0.898. The number of hydrogen-bond donors (Lipinski definition) is 1. The molecule has 0 radical (unpaired) electrons. The van der Waals surface area contributed by atoms with Crippen LogP contribution in [0.5, 0.6) is 0 Å². The number of para-hydroxylation sites is 1. The van der Waals surface area contributed by atoms with E-state index in [1.807, 2.05) is 36.0 Å². The molecule has 2 heterocycles. The van der Waals surface area contributed by atoms with Gasteiger partial charge < -0.3 is 10.0 Å². The molecular formula is C14H16N2OS. The van der Waals surface area contributed by atoms with Crippen molar-refractivity contribution in [3.63, 3.8) is 0 Å². The molecule has 1 fully saturated rings. The SMILES string of the molecule is OCc1cc2ccccc2nc1N1CCSCC1. The fraction of sp³-hybridized carbons (Fsp3) is 0.357. The van der Waals surface area contributed by atoms with Crippen LogP contribution in [-0.4, -0.2) is 34.7 Å². The largest absolute Gasteiger partial charge is 0.392 e. The fourth-order valence-corrected chi connectivity index (χ4v) is 3.22. The Morgan fingerprint density at radius 1 is 1.22 bits per heavy atom. The Balaban J connectivity index is 2.08. The third-order valence-electron chi connectivity index (χ3n) is 3.26. The molecule has 2 aromatic rings. The first-order valence-corrected chi connectivity index (χ1v) is 7.36. The monoisotopic (exact) mass is 260 g/mol. The summed E-state index contributed by atoms with van der Waals surface area (Å²) < 4.78 is 0. The number of hydrogen-bond acceptors (Lipinski definition) is 4. The van der Waals surface area contributed by atoms with Crippen molar-refractivity contribution in [2.24, 2.45) is 0 Å². The molecule has 1 aromatic carbocycles. The molecular weight excluding hydrogens is 244 g/mol. The van der Waals surface area contributed by atoms with E-state index < -0.39 is 0 Å². The van der Waals surface area contributed by atoms with Gasteiger partial charge in [0.15, 0.2) is 0 Å². The molecule has 1 N–H and O–H groups in total. The number of nitrogens with zero attached hydrogens (tertiary/aromatic N) is 2. The molecule has 0 saturated carbocycles. The Bertz CT molecular complexity index is 552. The number of benzene rings is 1. The van der Waals surface area contributed by atoms with Crippen LogP contribution in [0.15, 0.2) is 30.3 Å². The van der Waals surface area contributed by atoms with Gasteiger partial charge in [-0.15, -0.1) is 0 Å². The summed E-state index contributed by atoms with van der Waals surface area (Å²) in [5, 5.41) is 10.6. The van der Waals surface area contributed by atoms with Crippen LogP contribution in [0.4, 0.5) is 5.82 Å². The molecule has 1 aliphatic heterocycles. The zero-order valence-corrected chi connectivity index (χ0v) is 11.0. The van der Waals surface area contributed by atoms with Crippen molar-refractivity contribution in [2.45, 2.75) is 6.61 Å². The molecule has 0 amide bonds. The molecule has 0 aliphatic carbocycles. The Kier molecular flexibility index (Phi) is 3.39. The van der Waals surface area contributed by atoms with Gasteiger partial charge in [-0.3, -0.25) is 0 Å². The fourth-order valence-electron chi connectivity index (χ4n) is 2.31. The van der Waals surface area contributed by atoms with Gasteiger partial charge >= 0.3 is 0 Å². The maximum atomic E-state index is 9.54. The zero-order chi connectivity index (χ0) is 12.4. The Labute approximate surface area is 111 Å². The Hall–Kier alpha value is -1.26. The molecule has 94 valence electrons. The minimum absolute atomic E-state index is 0.0524. The normalized spacial score (nSPS) is 16.2. The highest BCUT2D eigenvalue weighted by Crippen LogP contribution is 2.25. The van der Waals surface area contributed by atoms with Crippen LogP contribution in [0.3, 0.4) is 0 Å². The second-order valence-corrected chi connectivity index (χ2v) is 5.65. The third kappa shape index (κ3) is 2.18. The van der Waals surface area contributed by atoms with E-state index in [1.165, 1.54) is 0 Å². The number of fused-ring (bicyclic) bond motifs is 1. The minimum Gasteiger partial charge on any atom is -0.392 e. The molecule has 1 aromatic heterocycles. The van der Waals surface area contributed by atoms with E-state index in [9.17, 15) is 5.11 Å². The molecule has 3 nitrogen and oxygen atoms in total. The lowest BCUT2D eigenvalue weighted by molar-refractivity contribution is 0.282. The highest BCUT2D eigenvalue weighted by Gasteiger charge is 2.16. The Morgan fingerprint density at radius 2 is 2.00 bits per heavy atom. The van der Waals surface area contributed by atoms with Crippen molar-refractivity contribution in [3.05, 3.63) is 35.9 Å². The number of thioether (sulfide) groups is 1. The first-order valence-electron chi connectivity index (χ1n) is 6.21. The van der Waals surface area contributed by atoms with Crippen molar-refractivity contribution in [3.8, 4) is 0 Å². The van der Waals surface area contributed by atoms with E-state index in [0.717, 1.165) is 46.9 Å². The molecule has 3 rings (SSSR count). The minimum atomic E-state index is 0.0524. The van der Waals surface area contributed by atoms with Crippen LogP contribution in [0.1, 0.15) is 5.56 Å². The van der Waals surface area contributed by atoms with E-state index in [2.05, 4.69) is 11.0 Å². The van der Waals surface area contributed by atoms with Crippen molar-refractivity contribution in [2.75, 3.05) is 29.5 Å². The van der Waals surface area contributed by atoms with Gasteiger partial charge in [-0.05, 0) is 12.1 Å². The van der Waals surface area contributed by atoms with Gasteiger partial charge in [-0.2, -0.15) is 11.8 Å². The number of aliphatic hydroxyl groups is 1. The average Bonchev–Trinajstić information content (AvgIpc) is 2.46. The van der Waals surface area contributed by atoms with Gasteiger partial charge in [0.25, 0.3) is 0 Å². The summed E-state index contributed by atoms with van der Waals surface area (Å²) in [7, 11) is 0. The molecule has 18 heavy (non-hydrogen) atoms. The van der Waals surface area contributed by atoms with Crippen molar-refractivity contribution >= 4 is 28.5 Å². The summed E-state index contributed by atoms with van der Waals surface area (Å²) in [6.45, 7) is 2.09. The summed E-state index contributed by atoms with van der Waals surface area (Å²) >= 11 is 1.98. The molecule has 1 saturated heterocycles. The second-order valence-electron chi connectivity index (χ2n) is 4.42. The van der Waals surface area contributed by atoms with Gasteiger partial charge in [0.2, 0.25) is 0 Å². The number of aromatic nitrogens is 1. The van der Waals surface area contributed by atoms with Crippen LogP contribution in [-0.2, 0) is 6.61 Å². The molecule has 0 spiro atoms. The zero-order valence-electron chi connectivity index (χ0n) is 10.2. The molecule has 4 heteroatoms. The van der Waals surface area contributed by atoms with Gasteiger partial charge in [0.1, 0.15) is 5.82 Å². The summed E-state index contributed by atoms with van der Waals surface area (Å²) in [6, 6.07) is 10.1. The van der Waals surface area contributed by atoms with Gasteiger partial charge in [0, 0.05) is 35.5 Å². The van der Waals surface area contributed by atoms with Crippen LogP contribution in [0.25, 0.3) is 10.9 Å². The van der Waals surface area contributed by atoms with Crippen molar-refractivity contribution < 1.29 is 5.11 Å². The van der Waals surface area contributed by atoms with Gasteiger partial charge in [-0.1, -0.05) is 18.2 Å². The first kappa shape index (κ1) is 11.8. The smallest absolute Gasteiger partial charge is 0.134 e. The highest BCUT2D eigenvalue weighted by molar-refractivity contribution is 7.99. The van der Waals surface area contributed by atoms with Crippen molar-refractivity contribution in [1.29, 1.82) is 0 Å². The van der Waals surface area contributed by atoms with E-state index >= 15 is 0 Å².